The number of nitrogens with two attached hydrogens (primary N) is 1. The Morgan fingerprint density at radius 3 is 2.08 bits per heavy atom. The first-order valence-electron chi connectivity index (χ1n) is 4.29. The first kappa shape index (κ1) is 11.9. The second-order valence-corrected chi connectivity index (χ2v) is 6.00. The van der Waals surface area contributed by atoms with Gasteiger partial charge in [-0.3, -0.25) is 0 Å². The van der Waals surface area contributed by atoms with E-state index in [1.54, 1.807) is 0 Å². The molecule has 0 bridgehead atoms. The lowest BCUT2D eigenvalue weighted by Gasteiger charge is -2.08. The third kappa shape index (κ3) is 6.61. The normalized spacial score (nSPS) is 15.1. The van der Waals surface area contributed by atoms with E-state index in [4.69, 9.17) is 5.73 Å². The molecule has 0 saturated heterocycles. The summed E-state index contributed by atoms with van der Waals surface area (Å²) in [4.78, 5) is 0. The van der Waals surface area contributed by atoms with Gasteiger partial charge in [-0.15, -0.1) is 0 Å². The van der Waals surface area contributed by atoms with Gasteiger partial charge in [0.05, 0.1) is 11.5 Å². The lowest BCUT2D eigenvalue weighted by Crippen LogP contribution is -2.22. The van der Waals surface area contributed by atoms with Crippen molar-refractivity contribution >= 4 is 9.84 Å². The fraction of sp³-hybridized carbons (Fsp3) is 1.00. The highest BCUT2D eigenvalue weighted by Gasteiger charge is 2.13. The molecule has 0 saturated carbocycles. The molecule has 12 heavy (non-hydrogen) atoms. The predicted octanol–water partition coefficient (Wildman–Crippen LogP) is 0.794. The molecule has 0 heterocycles. The maximum atomic E-state index is 11.3. The van der Waals surface area contributed by atoms with Crippen molar-refractivity contribution < 1.29 is 8.42 Å². The van der Waals surface area contributed by atoms with E-state index >= 15 is 0 Å². The van der Waals surface area contributed by atoms with E-state index in [0.717, 1.165) is 0 Å². The van der Waals surface area contributed by atoms with Crippen LogP contribution in [0.25, 0.3) is 0 Å². The summed E-state index contributed by atoms with van der Waals surface area (Å²) >= 11 is 0. The second-order valence-electron chi connectivity index (χ2n) is 3.77. The van der Waals surface area contributed by atoms with Crippen molar-refractivity contribution in [1.82, 2.24) is 0 Å². The Hall–Kier alpha value is -0.0900. The quantitative estimate of drug-likeness (QED) is 0.702. The molecule has 0 aromatic heterocycles. The highest BCUT2D eigenvalue weighted by molar-refractivity contribution is 7.91. The van der Waals surface area contributed by atoms with E-state index in [2.05, 4.69) is 0 Å². The SMILES string of the molecule is CC(C)CS(=O)(=O)CCC(C)N. The zero-order valence-electron chi connectivity index (χ0n) is 8.08. The van der Waals surface area contributed by atoms with Gasteiger partial charge >= 0.3 is 0 Å². The average molecular weight is 193 g/mol. The fourth-order valence-electron chi connectivity index (χ4n) is 0.957. The first-order valence-corrected chi connectivity index (χ1v) is 6.11. The molecule has 0 amide bonds. The zero-order valence-corrected chi connectivity index (χ0v) is 8.89. The monoisotopic (exact) mass is 193 g/mol. The van der Waals surface area contributed by atoms with Gasteiger partial charge < -0.3 is 5.73 Å². The van der Waals surface area contributed by atoms with Crippen molar-refractivity contribution in [2.75, 3.05) is 11.5 Å². The van der Waals surface area contributed by atoms with Gasteiger partial charge in [0, 0.05) is 6.04 Å². The van der Waals surface area contributed by atoms with Gasteiger partial charge in [-0.05, 0) is 19.3 Å². The summed E-state index contributed by atoms with van der Waals surface area (Å²) < 4.78 is 22.6. The summed E-state index contributed by atoms with van der Waals surface area (Å²) in [6.07, 6.45) is 0.565. The van der Waals surface area contributed by atoms with Gasteiger partial charge in [-0.1, -0.05) is 13.8 Å². The third-order valence-electron chi connectivity index (χ3n) is 1.47. The lowest BCUT2D eigenvalue weighted by molar-refractivity contribution is 0.574. The zero-order chi connectivity index (χ0) is 9.78. The van der Waals surface area contributed by atoms with Crippen LogP contribution in [0.4, 0.5) is 0 Å². The Bertz CT molecular complexity index is 207. The summed E-state index contributed by atoms with van der Waals surface area (Å²) in [6.45, 7) is 5.64. The molecule has 0 rings (SSSR count). The molecule has 1 unspecified atom stereocenters. The van der Waals surface area contributed by atoms with Crippen LogP contribution in [0.1, 0.15) is 27.2 Å². The van der Waals surface area contributed by atoms with Crippen molar-refractivity contribution in [3.05, 3.63) is 0 Å². The van der Waals surface area contributed by atoms with Crippen LogP contribution in [0.15, 0.2) is 0 Å². The summed E-state index contributed by atoms with van der Waals surface area (Å²) in [5.74, 6) is 0.714. The Labute approximate surface area is 75.3 Å². The summed E-state index contributed by atoms with van der Waals surface area (Å²) in [5.41, 5.74) is 5.47. The Kier molecular flexibility index (Phi) is 4.78. The third-order valence-corrected chi connectivity index (χ3v) is 3.50. The minimum atomic E-state index is -2.86. The van der Waals surface area contributed by atoms with Gasteiger partial charge in [0.2, 0.25) is 0 Å². The van der Waals surface area contributed by atoms with Gasteiger partial charge in [-0.25, -0.2) is 8.42 Å². The largest absolute Gasteiger partial charge is 0.328 e. The van der Waals surface area contributed by atoms with E-state index in [0.29, 0.717) is 6.42 Å². The molecule has 0 spiro atoms. The van der Waals surface area contributed by atoms with E-state index < -0.39 is 9.84 Å². The number of sulfone groups is 1. The van der Waals surface area contributed by atoms with Gasteiger partial charge in [0.25, 0.3) is 0 Å². The van der Waals surface area contributed by atoms with Crippen LogP contribution in [0.3, 0.4) is 0 Å². The molecule has 0 aliphatic rings. The highest BCUT2D eigenvalue weighted by atomic mass is 32.2. The molecule has 0 aliphatic carbocycles. The average Bonchev–Trinajstić information content (AvgIpc) is 1.81. The molecule has 4 heteroatoms. The van der Waals surface area contributed by atoms with E-state index in [9.17, 15) is 8.42 Å². The summed E-state index contributed by atoms with van der Waals surface area (Å²) in [7, 11) is -2.86. The van der Waals surface area contributed by atoms with Crippen LogP contribution in [0, 0.1) is 5.92 Å². The highest BCUT2D eigenvalue weighted by Crippen LogP contribution is 2.03. The van der Waals surface area contributed by atoms with Crippen LogP contribution in [0.5, 0.6) is 0 Å². The topological polar surface area (TPSA) is 60.2 Å². The molecular formula is C8H19NO2S. The predicted molar refractivity (Wildman–Crippen MR) is 51.8 cm³/mol. The number of hydrogen-bond donors (Lipinski definition) is 1. The van der Waals surface area contributed by atoms with Gasteiger partial charge in [0.15, 0.2) is 9.84 Å². The van der Waals surface area contributed by atoms with Gasteiger partial charge in [-0.2, -0.15) is 0 Å². The molecule has 0 aromatic carbocycles. The minimum Gasteiger partial charge on any atom is -0.328 e. The lowest BCUT2D eigenvalue weighted by atomic mass is 10.3. The van der Waals surface area contributed by atoms with E-state index in [1.165, 1.54) is 0 Å². The Balaban J connectivity index is 3.89. The van der Waals surface area contributed by atoms with Crippen molar-refractivity contribution in [3.8, 4) is 0 Å². The van der Waals surface area contributed by atoms with Crippen LogP contribution >= 0.6 is 0 Å². The summed E-state index contributed by atoms with van der Waals surface area (Å²) in [5, 5.41) is 0. The molecule has 0 aliphatic heterocycles. The number of hydrogen-bond acceptors (Lipinski definition) is 3. The van der Waals surface area contributed by atoms with E-state index in [-0.39, 0.29) is 23.5 Å². The Morgan fingerprint density at radius 1 is 1.25 bits per heavy atom. The maximum absolute atomic E-state index is 11.3. The summed E-state index contributed by atoms with van der Waals surface area (Å²) in [6, 6.07) is -0.0214. The number of rotatable bonds is 5. The molecule has 3 nitrogen and oxygen atoms in total. The molecule has 2 N–H and O–H groups in total. The molecule has 0 radical (unpaired) electrons. The van der Waals surface area contributed by atoms with Crippen LogP contribution in [-0.4, -0.2) is 26.0 Å². The standard InChI is InChI=1S/C8H19NO2S/c1-7(2)6-12(10,11)5-4-8(3)9/h7-8H,4-6,9H2,1-3H3. The smallest absolute Gasteiger partial charge is 0.150 e. The van der Waals surface area contributed by atoms with Crippen molar-refractivity contribution in [2.45, 2.75) is 33.2 Å². The fourth-order valence-corrected chi connectivity index (χ4v) is 2.87. The van der Waals surface area contributed by atoms with Crippen LogP contribution in [0.2, 0.25) is 0 Å². The van der Waals surface area contributed by atoms with Crippen molar-refractivity contribution in [2.24, 2.45) is 11.7 Å². The maximum Gasteiger partial charge on any atom is 0.150 e. The first-order chi connectivity index (χ1) is 5.33. The second kappa shape index (κ2) is 4.82. The Morgan fingerprint density at radius 2 is 1.75 bits per heavy atom. The molecule has 74 valence electrons. The van der Waals surface area contributed by atoms with Crippen molar-refractivity contribution in [1.29, 1.82) is 0 Å². The molecule has 0 fully saturated rings. The molecular weight excluding hydrogens is 174 g/mol. The molecule has 0 aromatic rings. The van der Waals surface area contributed by atoms with E-state index in [1.807, 2.05) is 20.8 Å². The molecule has 1 atom stereocenters. The van der Waals surface area contributed by atoms with Crippen molar-refractivity contribution in [3.63, 3.8) is 0 Å². The van der Waals surface area contributed by atoms with Gasteiger partial charge in [0.1, 0.15) is 0 Å². The van der Waals surface area contributed by atoms with Crippen LogP contribution < -0.4 is 5.73 Å². The van der Waals surface area contributed by atoms with Crippen LogP contribution in [-0.2, 0) is 9.84 Å². The minimum absolute atomic E-state index is 0.0214.